The van der Waals surface area contributed by atoms with Crippen molar-refractivity contribution in [1.29, 1.82) is 0 Å². The Hall–Kier alpha value is -1.76. The molecule has 0 unspecified atom stereocenters. The summed E-state index contributed by atoms with van der Waals surface area (Å²) in [6.45, 7) is 0.605. The fraction of sp³-hybridized carbons (Fsp3) is 0.462. The minimum Gasteiger partial charge on any atom is -0.490 e. The van der Waals surface area contributed by atoms with E-state index < -0.39 is 23.1 Å². The Kier molecular flexibility index (Phi) is 4.17. The third kappa shape index (κ3) is 3.04. The van der Waals surface area contributed by atoms with Crippen LogP contribution in [0.25, 0.3) is 0 Å². The minimum absolute atomic E-state index is 0.00935. The lowest BCUT2D eigenvalue weighted by Gasteiger charge is -2.16. The van der Waals surface area contributed by atoms with Gasteiger partial charge in [0.25, 0.3) is 0 Å². The van der Waals surface area contributed by atoms with Crippen molar-refractivity contribution >= 4 is 5.78 Å². The summed E-state index contributed by atoms with van der Waals surface area (Å²) >= 11 is 0. The van der Waals surface area contributed by atoms with E-state index in [1.807, 2.05) is 0 Å². The van der Waals surface area contributed by atoms with Crippen LogP contribution in [-0.4, -0.2) is 25.5 Å². The van der Waals surface area contributed by atoms with Crippen LogP contribution in [0, 0.1) is 0 Å². The van der Waals surface area contributed by atoms with Gasteiger partial charge in [0.1, 0.15) is 0 Å². The van der Waals surface area contributed by atoms with Gasteiger partial charge in [-0.2, -0.15) is 13.2 Å². The molecule has 0 aromatic heterocycles. The normalized spacial score (nSPS) is 14.8. The first-order valence-electron chi connectivity index (χ1n) is 6.17. The van der Waals surface area contributed by atoms with E-state index in [0.29, 0.717) is 13.0 Å². The molecule has 0 amide bonds. The molecule has 1 aromatic rings. The first-order valence-corrected chi connectivity index (χ1v) is 6.17. The molecule has 1 aromatic carbocycles. The smallest absolute Gasteiger partial charge is 0.417 e. The van der Waals surface area contributed by atoms with Gasteiger partial charge in [-0.25, -0.2) is 0 Å². The number of carbonyl (C=O) groups excluding carboxylic acids is 1. The summed E-state index contributed by atoms with van der Waals surface area (Å²) in [7, 11) is 0. The van der Waals surface area contributed by atoms with Crippen molar-refractivity contribution in [3.8, 4) is 11.5 Å². The molecular formula is C13H14F3NO3. The summed E-state index contributed by atoms with van der Waals surface area (Å²) in [6, 6.07) is 1.92. The highest BCUT2D eigenvalue weighted by Gasteiger charge is 2.36. The fourth-order valence-electron chi connectivity index (χ4n) is 1.94. The second-order valence-electron chi connectivity index (χ2n) is 4.35. The molecule has 110 valence electrons. The Morgan fingerprint density at radius 3 is 2.35 bits per heavy atom. The number of benzene rings is 1. The number of halogens is 3. The maximum absolute atomic E-state index is 13.0. The van der Waals surface area contributed by atoms with E-state index in [-0.39, 0.29) is 31.1 Å². The maximum Gasteiger partial charge on any atom is 0.417 e. The average molecular weight is 289 g/mol. The first-order chi connectivity index (χ1) is 9.43. The molecular weight excluding hydrogens is 275 g/mol. The van der Waals surface area contributed by atoms with E-state index in [0.717, 1.165) is 12.1 Å². The number of hydrogen-bond donors (Lipinski definition) is 1. The summed E-state index contributed by atoms with van der Waals surface area (Å²) < 4.78 is 49.6. The fourth-order valence-corrected chi connectivity index (χ4v) is 1.94. The van der Waals surface area contributed by atoms with Gasteiger partial charge >= 0.3 is 6.18 Å². The second kappa shape index (κ2) is 5.70. The van der Waals surface area contributed by atoms with Crippen LogP contribution < -0.4 is 15.2 Å². The van der Waals surface area contributed by atoms with Crippen LogP contribution in [0.2, 0.25) is 0 Å². The van der Waals surface area contributed by atoms with Gasteiger partial charge < -0.3 is 15.2 Å². The van der Waals surface area contributed by atoms with Crippen molar-refractivity contribution in [2.24, 2.45) is 5.73 Å². The molecule has 7 heteroatoms. The van der Waals surface area contributed by atoms with Gasteiger partial charge in [0, 0.05) is 18.4 Å². The Morgan fingerprint density at radius 1 is 1.20 bits per heavy atom. The van der Waals surface area contributed by atoms with Crippen molar-refractivity contribution in [3.63, 3.8) is 0 Å². The Labute approximate surface area is 113 Å². The van der Waals surface area contributed by atoms with Gasteiger partial charge in [-0.15, -0.1) is 0 Å². The summed E-state index contributed by atoms with van der Waals surface area (Å²) in [5.41, 5.74) is 3.79. The number of alkyl halides is 3. The molecule has 0 radical (unpaired) electrons. The van der Waals surface area contributed by atoms with Gasteiger partial charge in [0.15, 0.2) is 17.3 Å². The standard InChI is InChI=1S/C13H14F3NO3/c14-13(15,16)9-7-12-11(19-4-1-5-20-12)6-8(9)10(18)2-3-17/h6-7H,1-5,17H2. The molecule has 0 spiro atoms. The van der Waals surface area contributed by atoms with Gasteiger partial charge in [-0.05, 0) is 18.7 Å². The minimum atomic E-state index is -4.63. The van der Waals surface area contributed by atoms with Crippen LogP contribution in [-0.2, 0) is 6.18 Å². The van der Waals surface area contributed by atoms with E-state index in [2.05, 4.69) is 0 Å². The lowest BCUT2D eigenvalue weighted by Crippen LogP contribution is -2.16. The molecule has 20 heavy (non-hydrogen) atoms. The van der Waals surface area contributed by atoms with Crippen molar-refractivity contribution in [3.05, 3.63) is 23.3 Å². The number of carbonyl (C=O) groups is 1. The largest absolute Gasteiger partial charge is 0.490 e. The van der Waals surface area contributed by atoms with Gasteiger partial charge in [-0.3, -0.25) is 4.79 Å². The van der Waals surface area contributed by atoms with Crippen LogP contribution in [0.3, 0.4) is 0 Å². The van der Waals surface area contributed by atoms with Crippen molar-refractivity contribution in [2.45, 2.75) is 19.0 Å². The summed E-state index contributed by atoms with van der Waals surface area (Å²) in [5.74, 6) is -0.481. The number of nitrogens with two attached hydrogens (primary N) is 1. The highest BCUT2D eigenvalue weighted by atomic mass is 19.4. The molecule has 2 N–H and O–H groups in total. The summed E-state index contributed by atoms with van der Waals surface area (Å²) in [4.78, 5) is 11.8. The highest BCUT2D eigenvalue weighted by molar-refractivity contribution is 5.98. The van der Waals surface area contributed by atoms with Crippen molar-refractivity contribution < 1.29 is 27.4 Å². The predicted octanol–water partition coefficient (Wildman–Crippen LogP) is 2.40. The third-order valence-corrected chi connectivity index (χ3v) is 2.86. The topological polar surface area (TPSA) is 61.6 Å². The predicted molar refractivity (Wildman–Crippen MR) is 65.1 cm³/mol. The molecule has 1 aliphatic heterocycles. The summed E-state index contributed by atoms with van der Waals surface area (Å²) in [6.07, 6.45) is -4.21. The van der Waals surface area contributed by atoms with Gasteiger partial charge in [0.05, 0.1) is 18.8 Å². The molecule has 0 atom stereocenters. The number of ether oxygens (including phenoxy) is 2. The molecule has 1 heterocycles. The van der Waals surface area contributed by atoms with Crippen LogP contribution in [0.1, 0.15) is 28.8 Å². The third-order valence-electron chi connectivity index (χ3n) is 2.86. The monoisotopic (exact) mass is 289 g/mol. The van der Waals surface area contributed by atoms with Crippen LogP contribution in [0.15, 0.2) is 12.1 Å². The van der Waals surface area contributed by atoms with Crippen LogP contribution in [0.4, 0.5) is 13.2 Å². The number of fused-ring (bicyclic) bond motifs is 1. The molecule has 0 aliphatic carbocycles. The Bertz CT molecular complexity index is 514. The van der Waals surface area contributed by atoms with Crippen LogP contribution in [0.5, 0.6) is 11.5 Å². The molecule has 2 rings (SSSR count). The highest BCUT2D eigenvalue weighted by Crippen LogP contribution is 2.40. The van der Waals surface area contributed by atoms with Crippen molar-refractivity contribution in [2.75, 3.05) is 19.8 Å². The number of rotatable bonds is 3. The van der Waals surface area contributed by atoms with E-state index in [9.17, 15) is 18.0 Å². The van der Waals surface area contributed by atoms with Gasteiger partial charge in [0.2, 0.25) is 0 Å². The lowest BCUT2D eigenvalue weighted by atomic mass is 10.00. The van der Waals surface area contributed by atoms with E-state index >= 15 is 0 Å². The average Bonchev–Trinajstić information content (AvgIpc) is 2.60. The molecule has 0 bridgehead atoms. The van der Waals surface area contributed by atoms with Crippen LogP contribution >= 0.6 is 0 Å². The lowest BCUT2D eigenvalue weighted by molar-refractivity contribution is -0.138. The summed E-state index contributed by atoms with van der Waals surface area (Å²) in [5, 5.41) is 0. The Balaban J connectivity index is 2.52. The van der Waals surface area contributed by atoms with Gasteiger partial charge in [-0.1, -0.05) is 0 Å². The first kappa shape index (κ1) is 14.6. The maximum atomic E-state index is 13.0. The second-order valence-corrected chi connectivity index (χ2v) is 4.35. The van der Waals surface area contributed by atoms with Crippen molar-refractivity contribution in [1.82, 2.24) is 0 Å². The molecule has 0 saturated heterocycles. The van der Waals surface area contributed by atoms with E-state index in [1.54, 1.807) is 0 Å². The van der Waals surface area contributed by atoms with E-state index in [1.165, 1.54) is 0 Å². The Morgan fingerprint density at radius 2 is 1.80 bits per heavy atom. The zero-order chi connectivity index (χ0) is 14.8. The number of ketones is 1. The number of hydrogen-bond acceptors (Lipinski definition) is 4. The molecule has 4 nitrogen and oxygen atoms in total. The molecule has 1 aliphatic rings. The SMILES string of the molecule is NCCC(=O)c1cc2c(cc1C(F)(F)F)OCCCO2. The zero-order valence-corrected chi connectivity index (χ0v) is 10.6. The zero-order valence-electron chi connectivity index (χ0n) is 10.6. The quantitative estimate of drug-likeness (QED) is 0.868. The van der Waals surface area contributed by atoms with E-state index in [4.69, 9.17) is 15.2 Å². The number of Topliss-reactive ketones (excluding diaryl/α,β-unsaturated/α-hetero) is 1. The molecule has 0 saturated carbocycles. The molecule has 0 fully saturated rings.